The average molecular weight is 163 g/mol. The smallest absolute Gasteiger partial charge is 0.0640 e. The molecule has 0 heterocycles. The Balaban J connectivity index is 3.82. The van der Waals surface area contributed by atoms with Crippen LogP contribution in [-0.2, 0) is 0 Å². The maximum atomic E-state index is 8.35. The van der Waals surface area contributed by atoms with E-state index in [1.54, 1.807) is 0 Å². The fraction of sp³-hybridized carbons (Fsp3) is 0.556. The Morgan fingerprint density at radius 3 is 1.92 bits per heavy atom. The van der Waals surface area contributed by atoms with E-state index in [4.69, 9.17) is 10.5 Å². The highest BCUT2D eigenvalue weighted by Gasteiger charge is 2.01. The van der Waals surface area contributed by atoms with Crippen LogP contribution in [0.1, 0.15) is 19.8 Å². The van der Waals surface area contributed by atoms with Crippen molar-refractivity contribution in [1.82, 2.24) is 4.90 Å². The molecule has 0 aliphatic carbocycles. The normalized spacial score (nSPS) is 8.25. The van der Waals surface area contributed by atoms with Gasteiger partial charge in [0.2, 0.25) is 0 Å². The molecule has 0 radical (unpaired) electrons. The van der Waals surface area contributed by atoms with Gasteiger partial charge in [-0.25, -0.2) is 0 Å². The van der Waals surface area contributed by atoms with E-state index in [-0.39, 0.29) is 0 Å². The van der Waals surface area contributed by atoms with E-state index in [9.17, 15) is 0 Å². The quantitative estimate of drug-likeness (QED) is 0.619. The molecule has 0 aliphatic heterocycles. The van der Waals surface area contributed by atoms with Crippen LogP contribution in [0.25, 0.3) is 0 Å². The minimum atomic E-state index is 0.484. The highest BCUT2D eigenvalue weighted by Crippen LogP contribution is 2.01. The van der Waals surface area contributed by atoms with Gasteiger partial charge in [-0.05, 0) is 6.92 Å². The van der Waals surface area contributed by atoms with E-state index < -0.39 is 0 Å². The van der Waals surface area contributed by atoms with Crippen molar-refractivity contribution in [2.45, 2.75) is 19.8 Å². The lowest BCUT2D eigenvalue weighted by Crippen LogP contribution is -2.23. The first-order chi connectivity index (χ1) is 5.72. The SMILES string of the molecule is C=C(C)N(CCC#N)CCC#N. The van der Waals surface area contributed by atoms with Gasteiger partial charge in [-0.1, -0.05) is 6.58 Å². The predicted molar refractivity (Wildman–Crippen MR) is 46.8 cm³/mol. The Hall–Kier alpha value is -1.48. The van der Waals surface area contributed by atoms with Crippen molar-refractivity contribution in [3.63, 3.8) is 0 Å². The zero-order valence-electron chi connectivity index (χ0n) is 7.38. The lowest BCUT2D eigenvalue weighted by molar-refractivity contribution is 0.362. The van der Waals surface area contributed by atoms with Crippen molar-refractivity contribution in [2.75, 3.05) is 13.1 Å². The summed E-state index contributed by atoms with van der Waals surface area (Å²) in [6.07, 6.45) is 0.969. The van der Waals surface area contributed by atoms with Crippen LogP contribution in [-0.4, -0.2) is 18.0 Å². The molecule has 3 nitrogen and oxygen atoms in total. The molecule has 0 rings (SSSR count). The molecule has 12 heavy (non-hydrogen) atoms. The van der Waals surface area contributed by atoms with Crippen molar-refractivity contribution in [3.8, 4) is 12.1 Å². The molecule has 0 amide bonds. The molecular weight excluding hydrogens is 150 g/mol. The lowest BCUT2D eigenvalue weighted by Gasteiger charge is -2.21. The molecule has 0 N–H and O–H groups in total. The van der Waals surface area contributed by atoms with E-state index in [0.717, 1.165) is 5.70 Å². The zero-order valence-corrected chi connectivity index (χ0v) is 7.38. The van der Waals surface area contributed by atoms with Gasteiger partial charge in [-0.2, -0.15) is 10.5 Å². The van der Waals surface area contributed by atoms with Gasteiger partial charge in [0.15, 0.2) is 0 Å². The van der Waals surface area contributed by atoms with E-state index in [1.807, 2.05) is 11.8 Å². The van der Waals surface area contributed by atoms with Crippen LogP contribution in [0.5, 0.6) is 0 Å². The molecule has 0 saturated heterocycles. The van der Waals surface area contributed by atoms with Gasteiger partial charge in [0.25, 0.3) is 0 Å². The van der Waals surface area contributed by atoms with Gasteiger partial charge in [-0.15, -0.1) is 0 Å². The van der Waals surface area contributed by atoms with Gasteiger partial charge in [0.1, 0.15) is 0 Å². The van der Waals surface area contributed by atoms with Crippen LogP contribution in [0.4, 0.5) is 0 Å². The van der Waals surface area contributed by atoms with E-state index in [1.165, 1.54) is 0 Å². The molecule has 0 bridgehead atoms. The first-order valence-corrected chi connectivity index (χ1v) is 3.86. The second-order valence-corrected chi connectivity index (χ2v) is 2.54. The maximum absolute atomic E-state index is 8.35. The fourth-order valence-corrected chi connectivity index (χ4v) is 0.863. The molecule has 0 saturated carbocycles. The number of nitrogens with zero attached hydrogens (tertiary/aromatic N) is 3. The van der Waals surface area contributed by atoms with Crippen LogP contribution < -0.4 is 0 Å². The number of rotatable bonds is 5. The number of nitriles is 2. The fourth-order valence-electron chi connectivity index (χ4n) is 0.863. The molecule has 0 aliphatic rings. The standard InChI is InChI=1S/C9H13N3/c1-9(2)12(7-3-5-10)8-4-6-11/h1,3-4,7-8H2,2H3. The van der Waals surface area contributed by atoms with Crippen LogP contribution in [0, 0.1) is 22.7 Å². The third kappa shape index (κ3) is 4.35. The van der Waals surface area contributed by atoms with E-state index in [0.29, 0.717) is 25.9 Å². The summed E-state index contributed by atoms with van der Waals surface area (Å²) in [6.45, 7) is 7.00. The van der Waals surface area contributed by atoms with Crippen LogP contribution in [0.3, 0.4) is 0 Å². The van der Waals surface area contributed by atoms with Crippen molar-refractivity contribution < 1.29 is 0 Å². The Morgan fingerprint density at radius 1 is 1.25 bits per heavy atom. The van der Waals surface area contributed by atoms with Crippen molar-refractivity contribution in [2.24, 2.45) is 0 Å². The summed E-state index contributed by atoms with van der Waals surface area (Å²) in [7, 11) is 0. The van der Waals surface area contributed by atoms with Crippen molar-refractivity contribution in [1.29, 1.82) is 10.5 Å². The predicted octanol–water partition coefficient (Wildman–Crippen LogP) is 1.65. The monoisotopic (exact) mass is 163 g/mol. The minimum absolute atomic E-state index is 0.484. The highest BCUT2D eigenvalue weighted by molar-refractivity contribution is 4.91. The maximum Gasteiger partial charge on any atom is 0.0640 e. The molecule has 64 valence electrons. The second-order valence-electron chi connectivity index (χ2n) is 2.54. The molecule has 0 spiro atoms. The summed E-state index contributed by atoms with van der Waals surface area (Å²) in [6, 6.07) is 4.13. The summed E-state index contributed by atoms with van der Waals surface area (Å²) in [5.74, 6) is 0. The molecule has 0 unspecified atom stereocenters. The number of hydrogen-bond acceptors (Lipinski definition) is 3. The Morgan fingerprint density at radius 2 is 1.67 bits per heavy atom. The Kier molecular flexibility index (Phi) is 5.47. The first kappa shape index (κ1) is 10.5. The van der Waals surface area contributed by atoms with Gasteiger partial charge < -0.3 is 4.90 Å². The molecule has 0 atom stereocenters. The summed E-state index contributed by atoms with van der Waals surface area (Å²) >= 11 is 0. The van der Waals surface area contributed by atoms with E-state index >= 15 is 0 Å². The lowest BCUT2D eigenvalue weighted by atomic mass is 10.3. The topological polar surface area (TPSA) is 50.8 Å². The first-order valence-electron chi connectivity index (χ1n) is 3.86. The molecule has 0 aromatic carbocycles. The van der Waals surface area contributed by atoms with Gasteiger partial charge in [0.05, 0.1) is 25.0 Å². The molecule has 0 fully saturated rings. The average Bonchev–Trinajstić information content (AvgIpc) is 2.04. The highest BCUT2D eigenvalue weighted by atomic mass is 15.1. The molecular formula is C9H13N3. The van der Waals surface area contributed by atoms with Crippen LogP contribution >= 0.6 is 0 Å². The molecule has 0 aromatic heterocycles. The summed E-state index contributed by atoms with van der Waals surface area (Å²) < 4.78 is 0. The van der Waals surface area contributed by atoms with E-state index in [2.05, 4.69) is 18.7 Å². The van der Waals surface area contributed by atoms with Crippen molar-refractivity contribution >= 4 is 0 Å². The van der Waals surface area contributed by atoms with Crippen LogP contribution in [0.2, 0.25) is 0 Å². The summed E-state index contributed by atoms with van der Waals surface area (Å²) in [5, 5.41) is 16.7. The summed E-state index contributed by atoms with van der Waals surface area (Å²) in [5.41, 5.74) is 0.917. The van der Waals surface area contributed by atoms with Gasteiger partial charge >= 0.3 is 0 Å². The third-order valence-corrected chi connectivity index (χ3v) is 1.53. The summed E-state index contributed by atoms with van der Waals surface area (Å²) in [4.78, 5) is 1.95. The Labute approximate surface area is 73.5 Å². The van der Waals surface area contributed by atoms with Crippen molar-refractivity contribution in [3.05, 3.63) is 12.3 Å². The van der Waals surface area contributed by atoms with Crippen LogP contribution in [0.15, 0.2) is 12.3 Å². The van der Waals surface area contributed by atoms with Gasteiger partial charge in [0, 0.05) is 18.8 Å². The third-order valence-electron chi connectivity index (χ3n) is 1.53. The zero-order chi connectivity index (χ0) is 9.40. The minimum Gasteiger partial charge on any atom is -0.373 e. The number of hydrogen-bond donors (Lipinski definition) is 0. The second kappa shape index (κ2) is 6.24. The molecule has 0 aromatic rings. The number of allylic oxidation sites excluding steroid dienone is 1. The Bertz CT molecular complexity index is 201. The largest absolute Gasteiger partial charge is 0.373 e. The van der Waals surface area contributed by atoms with Gasteiger partial charge in [-0.3, -0.25) is 0 Å². The molecule has 3 heteroatoms.